The second-order valence-electron chi connectivity index (χ2n) is 3.14. The Morgan fingerprint density at radius 1 is 1.33 bits per heavy atom. The summed E-state index contributed by atoms with van der Waals surface area (Å²) in [7, 11) is 0. The van der Waals surface area contributed by atoms with Crippen LogP contribution in [-0.4, -0.2) is 24.0 Å². The SMILES string of the molecule is O=C(O)C1=C(c2ccccc2)NC=NC1. The number of carboxylic acid groups (broad SMARTS) is 1. The molecule has 4 nitrogen and oxygen atoms in total. The second-order valence-corrected chi connectivity index (χ2v) is 3.14. The van der Waals surface area contributed by atoms with Gasteiger partial charge in [0.1, 0.15) is 0 Å². The van der Waals surface area contributed by atoms with Crippen molar-refractivity contribution in [1.82, 2.24) is 5.32 Å². The van der Waals surface area contributed by atoms with Gasteiger partial charge >= 0.3 is 5.97 Å². The monoisotopic (exact) mass is 202 g/mol. The molecule has 0 fully saturated rings. The van der Waals surface area contributed by atoms with E-state index in [1.165, 1.54) is 6.34 Å². The molecule has 1 aromatic rings. The van der Waals surface area contributed by atoms with Crippen molar-refractivity contribution >= 4 is 18.0 Å². The quantitative estimate of drug-likeness (QED) is 0.755. The molecule has 15 heavy (non-hydrogen) atoms. The van der Waals surface area contributed by atoms with E-state index >= 15 is 0 Å². The minimum atomic E-state index is -0.932. The van der Waals surface area contributed by atoms with Gasteiger partial charge in [-0.05, 0) is 5.56 Å². The Kier molecular flexibility index (Phi) is 2.49. The third kappa shape index (κ3) is 1.88. The van der Waals surface area contributed by atoms with E-state index in [-0.39, 0.29) is 6.54 Å². The highest BCUT2D eigenvalue weighted by molar-refractivity contribution is 5.99. The van der Waals surface area contributed by atoms with Gasteiger partial charge in [0.25, 0.3) is 0 Å². The van der Waals surface area contributed by atoms with Crippen LogP contribution in [0, 0.1) is 0 Å². The summed E-state index contributed by atoms with van der Waals surface area (Å²) in [6, 6.07) is 9.36. The van der Waals surface area contributed by atoms with Crippen LogP contribution in [-0.2, 0) is 4.79 Å². The van der Waals surface area contributed by atoms with Crippen LogP contribution < -0.4 is 5.32 Å². The number of benzene rings is 1. The lowest BCUT2D eigenvalue weighted by molar-refractivity contribution is -0.132. The molecule has 1 heterocycles. The maximum absolute atomic E-state index is 11.0. The van der Waals surface area contributed by atoms with Crippen LogP contribution in [0.15, 0.2) is 40.9 Å². The van der Waals surface area contributed by atoms with Gasteiger partial charge in [-0.1, -0.05) is 30.3 Å². The molecular weight excluding hydrogens is 192 g/mol. The van der Waals surface area contributed by atoms with E-state index in [1.54, 1.807) is 0 Å². The average Bonchev–Trinajstić information content (AvgIpc) is 2.30. The fraction of sp³-hybridized carbons (Fsp3) is 0.0909. The van der Waals surface area contributed by atoms with Crippen LogP contribution in [0.4, 0.5) is 0 Å². The summed E-state index contributed by atoms with van der Waals surface area (Å²) in [5.74, 6) is -0.932. The summed E-state index contributed by atoms with van der Waals surface area (Å²) in [6.45, 7) is 0.215. The lowest BCUT2D eigenvalue weighted by atomic mass is 10.1. The molecule has 2 rings (SSSR count). The maximum atomic E-state index is 11.0. The van der Waals surface area contributed by atoms with E-state index in [9.17, 15) is 4.79 Å². The summed E-state index contributed by atoms with van der Waals surface area (Å²) in [6.07, 6.45) is 1.52. The molecular formula is C11H10N2O2. The number of aliphatic carboxylic acids is 1. The first-order valence-corrected chi connectivity index (χ1v) is 4.56. The van der Waals surface area contributed by atoms with Gasteiger partial charge in [0.2, 0.25) is 0 Å². The van der Waals surface area contributed by atoms with Crippen molar-refractivity contribution < 1.29 is 9.90 Å². The number of hydrogen-bond acceptors (Lipinski definition) is 3. The minimum absolute atomic E-state index is 0.215. The molecule has 0 spiro atoms. The number of nitrogens with one attached hydrogen (secondary N) is 1. The zero-order valence-corrected chi connectivity index (χ0v) is 7.97. The molecule has 4 heteroatoms. The molecule has 1 aromatic carbocycles. The average molecular weight is 202 g/mol. The minimum Gasteiger partial charge on any atom is -0.478 e. The third-order valence-electron chi connectivity index (χ3n) is 2.17. The number of rotatable bonds is 2. The first kappa shape index (κ1) is 9.45. The first-order valence-electron chi connectivity index (χ1n) is 4.56. The molecule has 0 saturated carbocycles. The molecule has 0 aromatic heterocycles. The van der Waals surface area contributed by atoms with E-state index in [0.717, 1.165) is 5.56 Å². The van der Waals surface area contributed by atoms with Crippen molar-refractivity contribution in [2.24, 2.45) is 4.99 Å². The molecule has 0 aliphatic carbocycles. The van der Waals surface area contributed by atoms with Crippen LogP contribution in [0.2, 0.25) is 0 Å². The standard InChI is InChI=1S/C11H10N2O2/c14-11(15)9-6-12-7-13-10(9)8-4-2-1-3-5-8/h1-5,7H,6H2,(H,12,13)(H,14,15). The Labute approximate surface area is 87.0 Å². The number of hydrogen-bond donors (Lipinski definition) is 2. The van der Waals surface area contributed by atoms with Crippen molar-refractivity contribution in [2.75, 3.05) is 6.54 Å². The normalized spacial score (nSPS) is 14.9. The van der Waals surface area contributed by atoms with Crippen molar-refractivity contribution in [3.05, 3.63) is 41.5 Å². The van der Waals surface area contributed by atoms with Crippen molar-refractivity contribution in [2.45, 2.75) is 0 Å². The number of carbonyl (C=O) groups is 1. The Bertz CT molecular complexity index is 435. The Morgan fingerprint density at radius 3 is 2.73 bits per heavy atom. The van der Waals surface area contributed by atoms with Gasteiger partial charge in [-0.15, -0.1) is 0 Å². The van der Waals surface area contributed by atoms with E-state index in [0.29, 0.717) is 11.3 Å². The van der Waals surface area contributed by atoms with Crippen LogP contribution in [0.1, 0.15) is 5.56 Å². The molecule has 0 saturated heterocycles. The van der Waals surface area contributed by atoms with Crippen LogP contribution in [0.5, 0.6) is 0 Å². The van der Waals surface area contributed by atoms with E-state index in [4.69, 9.17) is 5.11 Å². The summed E-state index contributed by atoms with van der Waals surface area (Å²) in [4.78, 5) is 14.8. The fourth-order valence-electron chi connectivity index (χ4n) is 1.45. The van der Waals surface area contributed by atoms with Crippen molar-refractivity contribution in [3.63, 3.8) is 0 Å². The molecule has 76 valence electrons. The molecule has 0 radical (unpaired) electrons. The topological polar surface area (TPSA) is 61.7 Å². The molecule has 2 N–H and O–H groups in total. The maximum Gasteiger partial charge on any atom is 0.335 e. The highest BCUT2D eigenvalue weighted by Gasteiger charge is 2.17. The summed E-state index contributed by atoms with van der Waals surface area (Å²) in [5.41, 5.74) is 1.78. The van der Waals surface area contributed by atoms with Gasteiger partial charge in [-0.2, -0.15) is 0 Å². The zero-order chi connectivity index (χ0) is 10.7. The number of nitrogens with zero attached hydrogens (tertiary/aromatic N) is 1. The Morgan fingerprint density at radius 2 is 2.07 bits per heavy atom. The number of carboxylic acids is 1. The van der Waals surface area contributed by atoms with Gasteiger partial charge in [0, 0.05) is 0 Å². The van der Waals surface area contributed by atoms with E-state index in [1.807, 2.05) is 30.3 Å². The lowest BCUT2D eigenvalue weighted by Crippen LogP contribution is -2.22. The van der Waals surface area contributed by atoms with Gasteiger partial charge < -0.3 is 10.4 Å². The van der Waals surface area contributed by atoms with Gasteiger partial charge in [-0.25, -0.2) is 4.79 Å². The molecule has 0 bridgehead atoms. The van der Waals surface area contributed by atoms with Crippen LogP contribution >= 0.6 is 0 Å². The largest absolute Gasteiger partial charge is 0.478 e. The third-order valence-corrected chi connectivity index (χ3v) is 2.17. The first-order chi connectivity index (χ1) is 7.29. The molecule has 0 unspecified atom stereocenters. The molecule has 1 aliphatic rings. The molecule has 1 aliphatic heterocycles. The molecule has 0 amide bonds. The Hall–Kier alpha value is -2.10. The predicted octanol–water partition coefficient (Wildman–Crippen LogP) is 1.11. The smallest absolute Gasteiger partial charge is 0.335 e. The number of aliphatic imine (C=N–C) groups is 1. The molecule has 0 atom stereocenters. The summed E-state index contributed by atoms with van der Waals surface area (Å²) < 4.78 is 0. The fourth-order valence-corrected chi connectivity index (χ4v) is 1.45. The summed E-state index contributed by atoms with van der Waals surface area (Å²) in [5, 5.41) is 11.9. The van der Waals surface area contributed by atoms with Crippen molar-refractivity contribution in [1.29, 1.82) is 0 Å². The summed E-state index contributed by atoms with van der Waals surface area (Å²) >= 11 is 0. The lowest BCUT2D eigenvalue weighted by Gasteiger charge is -2.14. The van der Waals surface area contributed by atoms with Crippen molar-refractivity contribution in [3.8, 4) is 0 Å². The van der Waals surface area contributed by atoms with Gasteiger partial charge in [-0.3, -0.25) is 4.99 Å². The highest BCUT2D eigenvalue weighted by Crippen LogP contribution is 2.17. The highest BCUT2D eigenvalue weighted by atomic mass is 16.4. The van der Waals surface area contributed by atoms with Gasteiger partial charge in [0.15, 0.2) is 0 Å². The van der Waals surface area contributed by atoms with Gasteiger partial charge in [0.05, 0.1) is 24.2 Å². The van der Waals surface area contributed by atoms with E-state index in [2.05, 4.69) is 10.3 Å². The van der Waals surface area contributed by atoms with E-state index < -0.39 is 5.97 Å². The second kappa shape index (κ2) is 3.96. The zero-order valence-electron chi connectivity index (χ0n) is 7.97. The Balaban J connectivity index is 2.45. The van der Waals surface area contributed by atoms with Crippen LogP contribution in [0.25, 0.3) is 5.70 Å². The predicted molar refractivity (Wildman–Crippen MR) is 57.5 cm³/mol. The van der Waals surface area contributed by atoms with Crippen LogP contribution in [0.3, 0.4) is 0 Å².